The zero-order valence-electron chi connectivity index (χ0n) is 13.2. The van der Waals surface area contributed by atoms with Gasteiger partial charge in [0.1, 0.15) is 5.82 Å². The summed E-state index contributed by atoms with van der Waals surface area (Å²) in [5, 5.41) is 0. The van der Waals surface area contributed by atoms with E-state index < -0.39 is 0 Å². The van der Waals surface area contributed by atoms with E-state index in [1.165, 1.54) is 12.1 Å². The molecule has 1 aromatic heterocycles. The van der Waals surface area contributed by atoms with Crippen molar-refractivity contribution in [1.82, 2.24) is 9.97 Å². The van der Waals surface area contributed by atoms with Crippen molar-refractivity contribution < 1.29 is 13.9 Å². The van der Waals surface area contributed by atoms with Gasteiger partial charge in [0, 0.05) is 25.7 Å². The second-order valence-corrected chi connectivity index (χ2v) is 6.21. The van der Waals surface area contributed by atoms with Crippen LogP contribution in [0.5, 0.6) is 0 Å². The highest BCUT2D eigenvalue weighted by Crippen LogP contribution is 2.32. The molecule has 0 bridgehead atoms. The van der Waals surface area contributed by atoms with Crippen molar-refractivity contribution >= 4 is 11.7 Å². The van der Waals surface area contributed by atoms with Crippen molar-refractivity contribution in [2.75, 3.05) is 31.2 Å². The van der Waals surface area contributed by atoms with E-state index in [9.17, 15) is 9.18 Å². The average Bonchev–Trinajstić information content (AvgIpc) is 2.62. The molecule has 1 aromatic carbocycles. The van der Waals surface area contributed by atoms with Gasteiger partial charge in [-0.1, -0.05) is 12.1 Å². The van der Waals surface area contributed by atoms with E-state index in [1.807, 2.05) is 0 Å². The van der Waals surface area contributed by atoms with Gasteiger partial charge in [0.15, 0.2) is 5.78 Å². The minimum atomic E-state index is -0.266. The summed E-state index contributed by atoms with van der Waals surface area (Å²) in [6.45, 7) is 2.84. The maximum Gasteiger partial charge on any atom is 0.225 e. The third-order valence-electron chi connectivity index (χ3n) is 4.66. The van der Waals surface area contributed by atoms with Crippen molar-refractivity contribution in [3.05, 3.63) is 53.1 Å². The minimum absolute atomic E-state index is 0.0399. The summed E-state index contributed by atoms with van der Waals surface area (Å²) in [4.78, 5) is 23.5. The normalized spacial score (nSPS) is 20.8. The molecule has 5 nitrogen and oxygen atoms in total. The topological polar surface area (TPSA) is 55.3 Å². The number of hydrogen-bond donors (Lipinski definition) is 0. The largest absolute Gasteiger partial charge is 0.378 e. The fourth-order valence-corrected chi connectivity index (χ4v) is 3.32. The molecule has 1 aliphatic carbocycles. The molecule has 2 aliphatic rings. The number of morpholine rings is 1. The molecular formula is C18H18FN3O2. The Hall–Kier alpha value is -2.34. The summed E-state index contributed by atoms with van der Waals surface area (Å²) in [5.41, 5.74) is 2.38. The number of carbonyl (C=O) groups excluding carboxylic acids is 1. The molecule has 1 atom stereocenters. The summed E-state index contributed by atoms with van der Waals surface area (Å²) in [6.07, 6.45) is 2.74. The number of ketones is 1. The lowest BCUT2D eigenvalue weighted by Crippen LogP contribution is -2.37. The van der Waals surface area contributed by atoms with Gasteiger partial charge in [-0.15, -0.1) is 0 Å². The number of benzene rings is 1. The number of rotatable bonds is 2. The number of nitrogens with zero attached hydrogens (tertiary/aromatic N) is 3. The van der Waals surface area contributed by atoms with Gasteiger partial charge < -0.3 is 9.64 Å². The van der Waals surface area contributed by atoms with E-state index in [1.54, 1.807) is 18.3 Å². The van der Waals surface area contributed by atoms with Gasteiger partial charge >= 0.3 is 0 Å². The fraction of sp³-hybridized carbons (Fsp3) is 0.389. The molecule has 0 saturated carbocycles. The third kappa shape index (κ3) is 2.89. The maximum atomic E-state index is 13.1. The summed E-state index contributed by atoms with van der Waals surface area (Å²) in [5.74, 6) is 0.486. The van der Waals surface area contributed by atoms with E-state index in [-0.39, 0.29) is 17.5 Å². The van der Waals surface area contributed by atoms with Gasteiger partial charge in [-0.05, 0) is 30.0 Å². The molecule has 0 amide bonds. The first-order valence-electron chi connectivity index (χ1n) is 8.18. The number of ether oxygens (including phenoxy) is 1. The van der Waals surface area contributed by atoms with Crippen molar-refractivity contribution in [1.29, 1.82) is 0 Å². The highest BCUT2D eigenvalue weighted by Gasteiger charge is 2.28. The maximum absolute atomic E-state index is 13.1. The molecule has 1 saturated heterocycles. The summed E-state index contributed by atoms with van der Waals surface area (Å²) >= 11 is 0. The SMILES string of the molecule is O=C1C[C@@H](c2ccc(F)cc2)Cc2nc(N3CCOCC3)ncc21. The number of aromatic nitrogens is 2. The van der Waals surface area contributed by atoms with E-state index in [0.717, 1.165) is 24.3 Å². The Morgan fingerprint density at radius 1 is 1.12 bits per heavy atom. The number of hydrogen-bond acceptors (Lipinski definition) is 5. The number of halogens is 1. The monoisotopic (exact) mass is 327 g/mol. The first kappa shape index (κ1) is 15.2. The Morgan fingerprint density at radius 2 is 1.88 bits per heavy atom. The van der Waals surface area contributed by atoms with Crippen molar-refractivity contribution in [2.24, 2.45) is 0 Å². The standard InChI is InChI=1S/C18H18FN3O2/c19-14-3-1-12(2-4-14)13-9-16-15(17(23)10-13)11-20-18(21-16)22-5-7-24-8-6-22/h1-4,11,13H,5-10H2/t13-/m0/s1. The fourth-order valence-electron chi connectivity index (χ4n) is 3.32. The minimum Gasteiger partial charge on any atom is -0.378 e. The van der Waals surface area contributed by atoms with Crippen LogP contribution in [0.15, 0.2) is 30.5 Å². The van der Waals surface area contributed by atoms with Gasteiger partial charge in [-0.2, -0.15) is 0 Å². The van der Waals surface area contributed by atoms with Crippen LogP contribution in [0.1, 0.15) is 34.0 Å². The van der Waals surface area contributed by atoms with Crippen LogP contribution in [0.2, 0.25) is 0 Å². The van der Waals surface area contributed by atoms with Crippen LogP contribution in [-0.2, 0) is 11.2 Å². The van der Waals surface area contributed by atoms with Crippen molar-refractivity contribution in [2.45, 2.75) is 18.8 Å². The van der Waals surface area contributed by atoms with E-state index in [2.05, 4.69) is 14.9 Å². The van der Waals surface area contributed by atoms with Crippen LogP contribution in [0.4, 0.5) is 10.3 Å². The van der Waals surface area contributed by atoms with Gasteiger partial charge in [0.2, 0.25) is 5.95 Å². The van der Waals surface area contributed by atoms with E-state index in [0.29, 0.717) is 37.6 Å². The zero-order valence-corrected chi connectivity index (χ0v) is 13.2. The molecule has 1 fully saturated rings. The highest BCUT2D eigenvalue weighted by atomic mass is 19.1. The number of anilines is 1. The second kappa shape index (κ2) is 6.28. The first-order valence-corrected chi connectivity index (χ1v) is 8.18. The molecule has 4 rings (SSSR count). The summed E-state index contributed by atoms with van der Waals surface area (Å²) in [7, 11) is 0. The number of fused-ring (bicyclic) bond motifs is 1. The zero-order chi connectivity index (χ0) is 16.5. The predicted octanol–water partition coefficient (Wildman–Crippen LogP) is 2.37. The van der Waals surface area contributed by atoms with Crippen LogP contribution in [0.25, 0.3) is 0 Å². The third-order valence-corrected chi connectivity index (χ3v) is 4.66. The highest BCUT2D eigenvalue weighted by molar-refractivity contribution is 5.98. The molecule has 24 heavy (non-hydrogen) atoms. The summed E-state index contributed by atoms with van der Waals surface area (Å²) in [6, 6.07) is 6.38. The molecule has 6 heteroatoms. The van der Waals surface area contributed by atoms with E-state index >= 15 is 0 Å². The van der Waals surface area contributed by atoms with Crippen LogP contribution in [0.3, 0.4) is 0 Å². The molecule has 124 valence electrons. The van der Waals surface area contributed by atoms with Gasteiger partial charge in [0.25, 0.3) is 0 Å². The Labute approximate surface area is 139 Å². The Morgan fingerprint density at radius 3 is 2.62 bits per heavy atom. The van der Waals surface area contributed by atoms with Crippen LogP contribution in [-0.4, -0.2) is 42.1 Å². The molecular weight excluding hydrogens is 309 g/mol. The number of carbonyl (C=O) groups is 1. The first-order chi connectivity index (χ1) is 11.7. The lowest BCUT2D eigenvalue weighted by Gasteiger charge is -2.28. The van der Waals surface area contributed by atoms with Crippen LogP contribution >= 0.6 is 0 Å². The molecule has 1 aliphatic heterocycles. The average molecular weight is 327 g/mol. The van der Waals surface area contributed by atoms with Crippen molar-refractivity contribution in [3.63, 3.8) is 0 Å². The van der Waals surface area contributed by atoms with Gasteiger partial charge in [0.05, 0.1) is 24.5 Å². The quantitative estimate of drug-likeness (QED) is 0.847. The molecule has 0 spiro atoms. The Balaban J connectivity index is 1.62. The van der Waals surface area contributed by atoms with Crippen molar-refractivity contribution in [3.8, 4) is 0 Å². The van der Waals surface area contributed by atoms with Crippen LogP contribution in [0, 0.1) is 5.82 Å². The molecule has 2 aromatic rings. The van der Waals surface area contributed by atoms with Gasteiger partial charge in [-0.25, -0.2) is 14.4 Å². The Kier molecular flexibility index (Phi) is 3.98. The predicted molar refractivity (Wildman–Crippen MR) is 86.9 cm³/mol. The summed E-state index contributed by atoms with van der Waals surface area (Å²) < 4.78 is 18.5. The number of Topliss-reactive ketones (excluding diaryl/α,β-unsaturated/α-hetero) is 1. The van der Waals surface area contributed by atoms with Crippen LogP contribution < -0.4 is 4.90 Å². The smallest absolute Gasteiger partial charge is 0.225 e. The molecule has 2 heterocycles. The van der Waals surface area contributed by atoms with E-state index in [4.69, 9.17) is 4.74 Å². The second-order valence-electron chi connectivity index (χ2n) is 6.21. The molecule has 0 radical (unpaired) electrons. The Bertz CT molecular complexity index is 757. The van der Waals surface area contributed by atoms with Gasteiger partial charge in [-0.3, -0.25) is 4.79 Å². The molecule has 0 unspecified atom stereocenters. The molecule has 0 N–H and O–H groups in total. The lowest BCUT2D eigenvalue weighted by molar-refractivity contribution is 0.0962. The lowest BCUT2D eigenvalue weighted by atomic mass is 9.82.